The van der Waals surface area contributed by atoms with Gasteiger partial charge in [0.1, 0.15) is 6.04 Å². The van der Waals surface area contributed by atoms with Crippen LogP contribution >= 0.6 is 27.3 Å². The van der Waals surface area contributed by atoms with E-state index in [0.29, 0.717) is 5.92 Å². The number of likely N-dealkylation sites (tertiary alicyclic amines) is 1. The average Bonchev–Trinajstić information content (AvgIpc) is 2.75. The molecule has 1 aromatic rings. The Hall–Kier alpha value is -0.390. The first-order valence-corrected chi connectivity index (χ1v) is 7.97. The van der Waals surface area contributed by atoms with Crippen LogP contribution in [0, 0.1) is 5.92 Å². The lowest BCUT2D eigenvalue weighted by molar-refractivity contribution is -0.145. The van der Waals surface area contributed by atoms with E-state index in [1.54, 1.807) is 11.3 Å². The number of piperidine rings is 1. The maximum atomic E-state index is 11.4. The molecule has 100 valence electrons. The third-order valence-electron chi connectivity index (χ3n) is 3.69. The molecule has 3 nitrogen and oxygen atoms in total. The third kappa shape index (κ3) is 3.33. The number of nitrogens with zero attached hydrogens (tertiary/aromatic N) is 1. The Morgan fingerprint density at radius 2 is 2.44 bits per heavy atom. The molecule has 1 fully saturated rings. The highest BCUT2D eigenvalue weighted by molar-refractivity contribution is 9.11. The molecule has 2 rings (SSSR count). The smallest absolute Gasteiger partial charge is 0.320 e. The molecule has 0 amide bonds. The van der Waals surface area contributed by atoms with Crippen LogP contribution in [0.15, 0.2) is 15.2 Å². The normalized spacial score (nSPS) is 25.2. The van der Waals surface area contributed by atoms with Crippen LogP contribution in [0.3, 0.4) is 0 Å². The van der Waals surface area contributed by atoms with Gasteiger partial charge in [-0.05, 0) is 58.2 Å². The minimum absolute atomic E-state index is 0.317. The van der Waals surface area contributed by atoms with Crippen molar-refractivity contribution in [3.63, 3.8) is 0 Å². The second-order valence-electron chi connectivity index (χ2n) is 4.88. The molecule has 0 saturated carbocycles. The van der Waals surface area contributed by atoms with Crippen LogP contribution in [0.4, 0.5) is 0 Å². The Bertz CT molecular complexity index is 421. The maximum absolute atomic E-state index is 11.4. The molecule has 0 radical (unpaired) electrons. The topological polar surface area (TPSA) is 40.5 Å². The monoisotopic (exact) mass is 331 g/mol. The first kappa shape index (κ1) is 14.0. The quantitative estimate of drug-likeness (QED) is 0.916. The number of thiophene rings is 1. The van der Waals surface area contributed by atoms with E-state index in [1.165, 1.54) is 5.56 Å². The molecule has 2 unspecified atom stereocenters. The minimum atomic E-state index is -0.678. The third-order valence-corrected chi connectivity index (χ3v) is 5.25. The molecule has 1 aromatic heterocycles. The highest BCUT2D eigenvalue weighted by Gasteiger charge is 2.32. The highest BCUT2D eigenvalue weighted by atomic mass is 79.9. The van der Waals surface area contributed by atoms with E-state index in [-0.39, 0.29) is 6.04 Å². The molecule has 2 atom stereocenters. The van der Waals surface area contributed by atoms with Crippen LogP contribution in [0.2, 0.25) is 0 Å². The van der Waals surface area contributed by atoms with E-state index >= 15 is 0 Å². The number of carbonyl (C=O) groups is 1. The van der Waals surface area contributed by atoms with Crippen molar-refractivity contribution in [2.45, 2.75) is 38.8 Å². The van der Waals surface area contributed by atoms with Gasteiger partial charge in [-0.3, -0.25) is 9.69 Å². The summed E-state index contributed by atoms with van der Waals surface area (Å²) in [5.74, 6) is -0.112. The van der Waals surface area contributed by atoms with Gasteiger partial charge < -0.3 is 5.11 Å². The maximum Gasteiger partial charge on any atom is 0.320 e. The molecular formula is C13H18BrNO2S. The lowest BCUT2D eigenvalue weighted by atomic mass is 9.88. The van der Waals surface area contributed by atoms with Crippen molar-refractivity contribution >= 4 is 33.2 Å². The van der Waals surface area contributed by atoms with E-state index < -0.39 is 5.97 Å². The Labute approximate surface area is 120 Å². The fourth-order valence-electron chi connectivity index (χ4n) is 2.57. The van der Waals surface area contributed by atoms with Crippen molar-refractivity contribution in [1.82, 2.24) is 4.90 Å². The second kappa shape index (κ2) is 6.17. The summed E-state index contributed by atoms with van der Waals surface area (Å²) in [5, 5.41) is 11.4. The lowest BCUT2D eigenvalue weighted by Gasteiger charge is -2.36. The van der Waals surface area contributed by atoms with Crippen molar-refractivity contribution in [1.29, 1.82) is 0 Å². The van der Waals surface area contributed by atoms with Gasteiger partial charge in [0.05, 0.1) is 3.79 Å². The largest absolute Gasteiger partial charge is 0.480 e. The van der Waals surface area contributed by atoms with Gasteiger partial charge in [-0.1, -0.05) is 13.3 Å². The Balaban J connectivity index is 2.04. The Kier molecular flexibility index (Phi) is 4.81. The molecule has 0 aliphatic carbocycles. The van der Waals surface area contributed by atoms with Crippen LogP contribution < -0.4 is 0 Å². The number of halogens is 1. The van der Waals surface area contributed by atoms with Crippen molar-refractivity contribution in [3.8, 4) is 0 Å². The molecule has 1 saturated heterocycles. The van der Waals surface area contributed by atoms with Crippen molar-refractivity contribution in [2.75, 3.05) is 6.54 Å². The standard InChI is InChI=1S/C13H18BrNO2S/c1-2-9-3-4-15(11(5-9)13(16)17)7-10-6-12(14)18-8-10/h6,8-9,11H,2-5,7H2,1H3,(H,16,17). The van der Waals surface area contributed by atoms with E-state index in [2.05, 4.69) is 39.2 Å². The lowest BCUT2D eigenvalue weighted by Crippen LogP contribution is -2.46. The second-order valence-corrected chi connectivity index (χ2v) is 7.17. The van der Waals surface area contributed by atoms with Crippen molar-refractivity contribution in [2.24, 2.45) is 5.92 Å². The van der Waals surface area contributed by atoms with Gasteiger partial charge in [-0.2, -0.15) is 0 Å². The van der Waals surface area contributed by atoms with Gasteiger partial charge >= 0.3 is 5.97 Å². The average molecular weight is 332 g/mol. The predicted octanol–water partition coefficient (Wildman–Crippen LogP) is 3.59. The van der Waals surface area contributed by atoms with E-state index in [0.717, 1.165) is 36.1 Å². The molecule has 1 aliphatic heterocycles. The summed E-state index contributed by atoms with van der Waals surface area (Å²) >= 11 is 5.10. The predicted molar refractivity (Wildman–Crippen MR) is 76.9 cm³/mol. The van der Waals surface area contributed by atoms with E-state index in [9.17, 15) is 9.90 Å². The number of carboxylic acid groups (broad SMARTS) is 1. The van der Waals surface area contributed by atoms with Gasteiger partial charge in [0.2, 0.25) is 0 Å². The van der Waals surface area contributed by atoms with Gasteiger partial charge in [0, 0.05) is 6.54 Å². The number of hydrogen-bond donors (Lipinski definition) is 1. The molecule has 2 heterocycles. The van der Waals surface area contributed by atoms with Crippen LogP contribution in [0.5, 0.6) is 0 Å². The summed E-state index contributed by atoms with van der Waals surface area (Å²) in [6.45, 7) is 3.79. The fraction of sp³-hybridized carbons (Fsp3) is 0.615. The van der Waals surface area contributed by atoms with Crippen LogP contribution in [0.1, 0.15) is 31.7 Å². The highest BCUT2D eigenvalue weighted by Crippen LogP contribution is 2.28. The molecule has 1 aliphatic rings. The number of aliphatic carboxylic acids is 1. The Morgan fingerprint density at radius 3 is 3.00 bits per heavy atom. The van der Waals surface area contributed by atoms with Gasteiger partial charge in [0.15, 0.2) is 0 Å². The van der Waals surface area contributed by atoms with Gasteiger partial charge in [-0.15, -0.1) is 11.3 Å². The summed E-state index contributed by atoms with van der Waals surface area (Å²) in [6.07, 6.45) is 2.99. The zero-order valence-electron chi connectivity index (χ0n) is 10.4. The number of carboxylic acids is 1. The van der Waals surface area contributed by atoms with E-state index in [4.69, 9.17) is 0 Å². The zero-order chi connectivity index (χ0) is 13.1. The van der Waals surface area contributed by atoms with Gasteiger partial charge in [-0.25, -0.2) is 0 Å². The molecule has 0 spiro atoms. The first-order chi connectivity index (χ1) is 8.60. The molecule has 5 heteroatoms. The molecule has 0 bridgehead atoms. The van der Waals surface area contributed by atoms with Gasteiger partial charge in [0.25, 0.3) is 0 Å². The van der Waals surface area contributed by atoms with Crippen molar-refractivity contribution in [3.05, 3.63) is 20.8 Å². The SMILES string of the molecule is CCC1CCN(Cc2csc(Br)c2)C(C(=O)O)C1. The summed E-state index contributed by atoms with van der Waals surface area (Å²) < 4.78 is 1.10. The molecular weight excluding hydrogens is 314 g/mol. The number of rotatable bonds is 4. The number of hydrogen-bond acceptors (Lipinski definition) is 3. The van der Waals surface area contributed by atoms with E-state index in [1.807, 2.05) is 0 Å². The molecule has 0 aromatic carbocycles. The minimum Gasteiger partial charge on any atom is -0.480 e. The van der Waals surface area contributed by atoms with Crippen LogP contribution in [-0.2, 0) is 11.3 Å². The molecule has 1 N–H and O–H groups in total. The van der Waals surface area contributed by atoms with Crippen molar-refractivity contribution < 1.29 is 9.90 Å². The summed E-state index contributed by atoms with van der Waals surface area (Å²) in [4.78, 5) is 13.5. The fourth-order valence-corrected chi connectivity index (χ4v) is 3.77. The summed E-state index contributed by atoms with van der Waals surface area (Å²) in [6, 6.07) is 1.76. The summed E-state index contributed by atoms with van der Waals surface area (Å²) in [5.41, 5.74) is 1.20. The Morgan fingerprint density at radius 1 is 1.67 bits per heavy atom. The molecule has 18 heavy (non-hydrogen) atoms. The summed E-state index contributed by atoms with van der Waals surface area (Å²) in [7, 11) is 0. The first-order valence-electron chi connectivity index (χ1n) is 6.30. The zero-order valence-corrected chi connectivity index (χ0v) is 12.8. The van der Waals surface area contributed by atoms with Crippen LogP contribution in [-0.4, -0.2) is 28.6 Å². The van der Waals surface area contributed by atoms with Crippen LogP contribution in [0.25, 0.3) is 0 Å².